The molecule has 0 aliphatic carbocycles. The van der Waals surface area contributed by atoms with Gasteiger partial charge in [0.2, 0.25) is 0 Å². The molecule has 0 spiro atoms. The lowest BCUT2D eigenvalue weighted by molar-refractivity contribution is 0.199. The van der Waals surface area contributed by atoms with Crippen molar-refractivity contribution >= 4 is 16.5 Å². The first kappa shape index (κ1) is 17.4. The van der Waals surface area contributed by atoms with Crippen LogP contribution >= 0.6 is 11.3 Å². The molecule has 6 heteroatoms. The maximum Gasteiger partial charge on any atom is 0.185 e. The molecule has 0 radical (unpaired) electrons. The second-order valence-corrected chi connectivity index (χ2v) is 6.88. The van der Waals surface area contributed by atoms with Crippen LogP contribution in [-0.2, 0) is 17.8 Å². The Hall–Kier alpha value is -1.47. The minimum absolute atomic E-state index is 0.736. The van der Waals surface area contributed by atoms with Crippen LogP contribution in [0.5, 0.6) is 0 Å². The molecular weight excluding hydrogens is 320 g/mol. The Morgan fingerprint density at radius 2 is 1.96 bits per heavy atom. The summed E-state index contributed by atoms with van der Waals surface area (Å²) in [7, 11) is 1.72. The van der Waals surface area contributed by atoms with Gasteiger partial charge in [0, 0.05) is 58.3 Å². The number of methoxy groups -OCH3 is 1. The molecule has 1 saturated heterocycles. The van der Waals surface area contributed by atoms with Gasteiger partial charge in [-0.25, -0.2) is 4.98 Å². The molecule has 0 atom stereocenters. The van der Waals surface area contributed by atoms with Crippen molar-refractivity contribution in [1.29, 1.82) is 0 Å². The monoisotopic (exact) mass is 346 g/mol. The molecule has 0 amide bonds. The molecule has 1 aliphatic rings. The van der Waals surface area contributed by atoms with E-state index in [4.69, 9.17) is 9.72 Å². The van der Waals surface area contributed by atoms with Gasteiger partial charge in [0.1, 0.15) is 0 Å². The third-order valence-corrected chi connectivity index (χ3v) is 5.17. The largest absolute Gasteiger partial charge is 0.383 e. The van der Waals surface area contributed by atoms with Gasteiger partial charge in [-0.3, -0.25) is 4.90 Å². The molecule has 2 heterocycles. The quantitative estimate of drug-likeness (QED) is 0.742. The van der Waals surface area contributed by atoms with E-state index < -0.39 is 0 Å². The Morgan fingerprint density at radius 1 is 1.17 bits per heavy atom. The highest BCUT2D eigenvalue weighted by atomic mass is 32.1. The van der Waals surface area contributed by atoms with Gasteiger partial charge in [0.05, 0.1) is 12.3 Å². The fourth-order valence-corrected chi connectivity index (χ4v) is 3.73. The Balaban J connectivity index is 1.44. The minimum Gasteiger partial charge on any atom is -0.383 e. The van der Waals surface area contributed by atoms with Crippen molar-refractivity contribution in [3.05, 3.63) is 47.0 Å². The van der Waals surface area contributed by atoms with E-state index in [-0.39, 0.29) is 0 Å². The zero-order valence-corrected chi connectivity index (χ0v) is 15.1. The molecule has 0 saturated carbocycles. The molecule has 130 valence electrons. The van der Waals surface area contributed by atoms with Crippen LogP contribution in [0.15, 0.2) is 35.7 Å². The summed E-state index contributed by atoms with van der Waals surface area (Å²) < 4.78 is 5.04. The van der Waals surface area contributed by atoms with E-state index >= 15 is 0 Å². The Bertz CT molecular complexity index is 596. The van der Waals surface area contributed by atoms with Gasteiger partial charge in [0.25, 0.3) is 0 Å². The van der Waals surface area contributed by atoms with E-state index in [0.717, 1.165) is 63.2 Å². The number of anilines is 1. The number of piperazine rings is 1. The van der Waals surface area contributed by atoms with Crippen molar-refractivity contribution in [1.82, 2.24) is 15.2 Å². The van der Waals surface area contributed by atoms with Gasteiger partial charge in [0.15, 0.2) is 5.13 Å². The summed E-state index contributed by atoms with van der Waals surface area (Å²) in [6.45, 7) is 7.75. The number of nitrogens with zero attached hydrogens (tertiary/aromatic N) is 3. The summed E-state index contributed by atoms with van der Waals surface area (Å²) >= 11 is 1.75. The number of nitrogens with one attached hydrogen (secondary N) is 1. The predicted molar refractivity (Wildman–Crippen MR) is 99.6 cm³/mol. The maximum atomic E-state index is 5.04. The topological polar surface area (TPSA) is 40.6 Å². The zero-order valence-electron chi connectivity index (χ0n) is 14.3. The molecule has 1 aliphatic heterocycles. The van der Waals surface area contributed by atoms with Crippen LogP contribution < -0.4 is 10.2 Å². The number of hydrogen-bond donors (Lipinski definition) is 1. The van der Waals surface area contributed by atoms with E-state index in [2.05, 4.69) is 50.8 Å². The first-order chi connectivity index (χ1) is 11.8. The van der Waals surface area contributed by atoms with E-state index in [1.54, 1.807) is 18.4 Å². The zero-order chi connectivity index (χ0) is 16.6. The molecule has 3 rings (SSSR count). The molecule has 1 fully saturated rings. The van der Waals surface area contributed by atoms with Crippen LogP contribution in [0.3, 0.4) is 0 Å². The highest BCUT2D eigenvalue weighted by Crippen LogP contribution is 2.22. The minimum atomic E-state index is 0.736. The molecule has 2 aromatic rings. The lowest BCUT2D eigenvalue weighted by Crippen LogP contribution is -2.45. The molecule has 1 aromatic heterocycles. The van der Waals surface area contributed by atoms with Gasteiger partial charge in [-0.05, 0) is 5.56 Å². The summed E-state index contributed by atoms with van der Waals surface area (Å²) in [5.74, 6) is 0. The fourth-order valence-electron chi connectivity index (χ4n) is 2.85. The molecule has 0 bridgehead atoms. The molecule has 24 heavy (non-hydrogen) atoms. The van der Waals surface area contributed by atoms with Gasteiger partial charge < -0.3 is 15.0 Å². The van der Waals surface area contributed by atoms with Crippen LogP contribution in [-0.4, -0.2) is 56.3 Å². The second-order valence-electron chi connectivity index (χ2n) is 6.04. The van der Waals surface area contributed by atoms with Crippen molar-refractivity contribution in [2.75, 3.05) is 51.3 Å². The van der Waals surface area contributed by atoms with E-state index in [9.17, 15) is 0 Å². The number of hydrogen-bond acceptors (Lipinski definition) is 6. The number of aromatic nitrogens is 1. The van der Waals surface area contributed by atoms with Crippen LogP contribution in [0.25, 0.3) is 0 Å². The SMILES string of the molecule is COCCNCc1csc(N2CCN(Cc3ccccc3)CC2)n1. The Kier molecular flexibility index (Phi) is 6.60. The molecular formula is C18H26N4OS. The fraction of sp³-hybridized carbons (Fsp3) is 0.500. The summed E-state index contributed by atoms with van der Waals surface area (Å²) in [4.78, 5) is 9.69. The smallest absolute Gasteiger partial charge is 0.185 e. The van der Waals surface area contributed by atoms with Crippen molar-refractivity contribution in [3.63, 3.8) is 0 Å². The summed E-state index contributed by atoms with van der Waals surface area (Å²) in [5.41, 5.74) is 2.52. The van der Waals surface area contributed by atoms with E-state index in [0.29, 0.717) is 0 Å². The Morgan fingerprint density at radius 3 is 2.71 bits per heavy atom. The van der Waals surface area contributed by atoms with Gasteiger partial charge in [-0.1, -0.05) is 30.3 Å². The summed E-state index contributed by atoms with van der Waals surface area (Å²) in [6, 6.07) is 10.7. The highest BCUT2D eigenvalue weighted by molar-refractivity contribution is 7.13. The predicted octanol–water partition coefficient (Wildman–Crippen LogP) is 2.20. The summed E-state index contributed by atoms with van der Waals surface area (Å²) in [5, 5.41) is 6.65. The number of thiazole rings is 1. The van der Waals surface area contributed by atoms with Crippen molar-refractivity contribution in [3.8, 4) is 0 Å². The third-order valence-electron chi connectivity index (χ3n) is 4.22. The van der Waals surface area contributed by atoms with Crippen LogP contribution in [0.1, 0.15) is 11.3 Å². The van der Waals surface area contributed by atoms with Gasteiger partial charge >= 0.3 is 0 Å². The van der Waals surface area contributed by atoms with E-state index in [1.165, 1.54) is 5.56 Å². The van der Waals surface area contributed by atoms with Crippen molar-refractivity contribution < 1.29 is 4.74 Å². The standard InChI is InChI=1S/C18H26N4OS/c1-23-12-7-19-13-17-15-24-18(20-17)22-10-8-21(9-11-22)14-16-5-3-2-4-6-16/h2-6,15,19H,7-14H2,1H3. The number of ether oxygens (including phenoxy) is 1. The maximum absolute atomic E-state index is 5.04. The van der Waals surface area contributed by atoms with Crippen LogP contribution in [0.4, 0.5) is 5.13 Å². The number of rotatable bonds is 8. The highest BCUT2D eigenvalue weighted by Gasteiger charge is 2.19. The lowest BCUT2D eigenvalue weighted by Gasteiger charge is -2.34. The molecule has 1 N–H and O–H groups in total. The van der Waals surface area contributed by atoms with Gasteiger partial charge in [-0.2, -0.15) is 0 Å². The van der Waals surface area contributed by atoms with E-state index in [1.807, 2.05) is 0 Å². The third kappa shape index (κ3) is 5.01. The average molecular weight is 347 g/mol. The number of benzene rings is 1. The average Bonchev–Trinajstić information content (AvgIpc) is 3.09. The molecule has 0 unspecified atom stereocenters. The normalized spacial score (nSPS) is 15.8. The van der Waals surface area contributed by atoms with Crippen molar-refractivity contribution in [2.24, 2.45) is 0 Å². The Labute approximate surface area is 148 Å². The second kappa shape index (κ2) is 9.13. The first-order valence-electron chi connectivity index (χ1n) is 8.50. The van der Waals surface area contributed by atoms with Crippen LogP contribution in [0, 0.1) is 0 Å². The molecule has 1 aromatic carbocycles. The first-order valence-corrected chi connectivity index (χ1v) is 9.38. The summed E-state index contributed by atoms with van der Waals surface area (Å²) in [6.07, 6.45) is 0. The molecule has 5 nitrogen and oxygen atoms in total. The van der Waals surface area contributed by atoms with Crippen LogP contribution in [0.2, 0.25) is 0 Å². The van der Waals surface area contributed by atoms with Crippen molar-refractivity contribution in [2.45, 2.75) is 13.1 Å². The van der Waals surface area contributed by atoms with Gasteiger partial charge in [-0.15, -0.1) is 11.3 Å². The lowest BCUT2D eigenvalue weighted by atomic mass is 10.2.